The molecule has 196 valence electrons. The summed E-state index contributed by atoms with van der Waals surface area (Å²) in [7, 11) is 0. The fourth-order valence-electron chi connectivity index (χ4n) is 5.40. The van der Waals surface area contributed by atoms with Crippen LogP contribution < -0.4 is 0 Å². The number of hydrogen-bond acceptors (Lipinski definition) is 5. The predicted octanol–water partition coefficient (Wildman–Crippen LogP) is 6.59. The van der Waals surface area contributed by atoms with Crippen molar-refractivity contribution in [1.82, 2.24) is 4.98 Å². The number of fused-ring (bicyclic) bond motifs is 1. The first-order chi connectivity index (χ1) is 18.4. The fraction of sp³-hybridized carbons (Fsp3) is 0.290. The van der Waals surface area contributed by atoms with E-state index in [-0.39, 0.29) is 17.7 Å². The number of aromatic amines is 1. The second kappa shape index (κ2) is 10.7. The van der Waals surface area contributed by atoms with E-state index in [1.807, 2.05) is 37.3 Å². The van der Waals surface area contributed by atoms with Crippen LogP contribution in [0.5, 0.6) is 5.75 Å². The number of furan rings is 1. The third-order valence-corrected chi connectivity index (χ3v) is 7.53. The number of aromatic hydroxyl groups is 1. The molecule has 0 radical (unpaired) electrons. The van der Waals surface area contributed by atoms with E-state index in [0.29, 0.717) is 23.3 Å². The quantitative estimate of drug-likeness (QED) is 0.156. The van der Waals surface area contributed by atoms with E-state index < -0.39 is 29.0 Å². The van der Waals surface area contributed by atoms with Gasteiger partial charge in [-0.1, -0.05) is 73.4 Å². The number of allylic oxidation sites excluding steroid dienone is 1. The average molecular weight is 514 g/mol. The van der Waals surface area contributed by atoms with Crippen molar-refractivity contribution in [2.75, 3.05) is 6.61 Å². The number of rotatable bonds is 8. The van der Waals surface area contributed by atoms with E-state index in [4.69, 9.17) is 4.42 Å². The van der Waals surface area contributed by atoms with Crippen LogP contribution in [-0.4, -0.2) is 38.7 Å². The van der Waals surface area contributed by atoms with Gasteiger partial charge in [-0.25, -0.2) is 4.79 Å². The molecule has 7 nitrogen and oxygen atoms in total. The number of ketones is 1. The number of aliphatic hydroxyl groups excluding tert-OH is 1. The summed E-state index contributed by atoms with van der Waals surface area (Å²) in [6.45, 7) is 1.81. The number of para-hydroxylation sites is 1. The lowest BCUT2D eigenvalue weighted by molar-refractivity contribution is 0.0661. The highest BCUT2D eigenvalue weighted by Gasteiger charge is 2.31. The first-order valence-electron chi connectivity index (χ1n) is 13.0. The van der Waals surface area contributed by atoms with Crippen LogP contribution in [0.15, 0.2) is 64.7 Å². The SMILES string of the molecule is C/C(=C/Cc1cccc2c(C(=O)c3oc(C(=O)O)c(-c4ccc(C5CCCCC5)cc4)c3O)c[nH]c12)CO. The highest BCUT2D eigenvalue weighted by Crippen LogP contribution is 2.41. The Morgan fingerprint density at radius 2 is 1.79 bits per heavy atom. The maximum absolute atomic E-state index is 13.5. The van der Waals surface area contributed by atoms with Crippen LogP contribution in [0.1, 0.15) is 82.7 Å². The van der Waals surface area contributed by atoms with Gasteiger partial charge in [-0.05, 0) is 48.8 Å². The van der Waals surface area contributed by atoms with Crippen molar-refractivity contribution in [2.24, 2.45) is 0 Å². The molecule has 0 atom stereocenters. The van der Waals surface area contributed by atoms with Crippen molar-refractivity contribution in [2.45, 2.75) is 51.4 Å². The third kappa shape index (κ3) is 4.77. The number of carbonyl (C=O) groups is 2. The second-order valence-electron chi connectivity index (χ2n) is 10.0. The maximum atomic E-state index is 13.5. The molecule has 0 amide bonds. The Hall–Kier alpha value is -4.10. The van der Waals surface area contributed by atoms with E-state index in [1.54, 1.807) is 24.4 Å². The molecule has 5 rings (SSSR count). The van der Waals surface area contributed by atoms with Crippen molar-refractivity contribution in [3.05, 3.63) is 88.5 Å². The summed E-state index contributed by atoms with van der Waals surface area (Å²) >= 11 is 0. The molecule has 2 heterocycles. The van der Waals surface area contributed by atoms with E-state index in [9.17, 15) is 24.9 Å². The molecule has 0 aliphatic heterocycles. The van der Waals surface area contributed by atoms with Gasteiger partial charge in [0.1, 0.15) is 0 Å². The van der Waals surface area contributed by atoms with E-state index >= 15 is 0 Å². The van der Waals surface area contributed by atoms with Crippen molar-refractivity contribution in [3.8, 4) is 16.9 Å². The summed E-state index contributed by atoms with van der Waals surface area (Å²) in [4.78, 5) is 28.7. The molecule has 1 fully saturated rings. The third-order valence-electron chi connectivity index (χ3n) is 7.53. The Bertz CT molecular complexity index is 1520. The minimum absolute atomic E-state index is 0.00110. The number of aromatic carboxylic acids is 1. The van der Waals surface area contributed by atoms with Crippen LogP contribution >= 0.6 is 0 Å². The van der Waals surface area contributed by atoms with Gasteiger partial charge in [0.15, 0.2) is 5.75 Å². The van der Waals surface area contributed by atoms with E-state index in [0.717, 1.165) is 29.5 Å². The van der Waals surface area contributed by atoms with Gasteiger partial charge in [-0.15, -0.1) is 0 Å². The molecule has 7 heteroatoms. The summed E-state index contributed by atoms with van der Waals surface area (Å²) in [6.07, 6.45) is 9.97. The normalized spacial score (nSPS) is 14.7. The number of benzene rings is 2. The smallest absolute Gasteiger partial charge is 0.372 e. The minimum Gasteiger partial charge on any atom is -0.504 e. The molecule has 1 aliphatic carbocycles. The summed E-state index contributed by atoms with van der Waals surface area (Å²) in [5, 5.41) is 30.8. The number of carboxylic acid groups (broad SMARTS) is 1. The first kappa shape index (κ1) is 25.5. The Morgan fingerprint density at radius 1 is 1.05 bits per heavy atom. The molecule has 0 spiro atoms. The van der Waals surface area contributed by atoms with Gasteiger partial charge in [-0.2, -0.15) is 0 Å². The van der Waals surface area contributed by atoms with Gasteiger partial charge in [0.25, 0.3) is 0 Å². The molecule has 2 aromatic carbocycles. The van der Waals surface area contributed by atoms with Gasteiger partial charge in [0.2, 0.25) is 17.3 Å². The summed E-state index contributed by atoms with van der Waals surface area (Å²) in [5.74, 6) is -2.84. The second-order valence-corrected chi connectivity index (χ2v) is 10.0. The minimum atomic E-state index is -1.36. The van der Waals surface area contributed by atoms with Gasteiger partial charge in [0, 0.05) is 17.1 Å². The van der Waals surface area contributed by atoms with Gasteiger partial charge in [-0.3, -0.25) is 4.79 Å². The largest absolute Gasteiger partial charge is 0.504 e. The van der Waals surface area contributed by atoms with Gasteiger partial charge < -0.3 is 24.7 Å². The van der Waals surface area contributed by atoms with Gasteiger partial charge in [0.05, 0.1) is 17.7 Å². The number of aromatic nitrogens is 1. The topological polar surface area (TPSA) is 124 Å². The molecule has 0 bridgehead atoms. The number of aliphatic hydroxyl groups is 1. The number of hydrogen-bond donors (Lipinski definition) is 4. The molecule has 4 N–H and O–H groups in total. The van der Waals surface area contributed by atoms with Crippen LogP contribution in [0.3, 0.4) is 0 Å². The van der Waals surface area contributed by atoms with Crippen molar-refractivity contribution in [1.29, 1.82) is 0 Å². The molecule has 0 saturated heterocycles. The zero-order valence-electron chi connectivity index (χ0n) is 21.3. The van der Waals surface area contributed by atoms with Crippen LogP contribution in [0.25, 0.3) is 22.0 Å². The standard InChI is InChI=1S/C31H31NO6/c1-18(17-33)10-11-22-8-5-9-23-24(16-32-26(22)23)27(34)30-28(35)25(29(38-30)31(36)37)21-14-12-20(13-15-21)19-6-3-2-4-7-19/h5,8-10,12-16,19,32-33,35H,2-4,6-7,11,17H2,1H3,(H,36,37)/b18-10-. The fourth-order valence-corrected chi connectivity index (χ4v) is 5.40. The van der Waals surface area contributed by atoms with Crippen molar-refractivity contribution >= 4 is 22.7 Å². The molecule has 4 aromatic rings. The van der Waals surface area contributed by atoms with Crippen molar-refractivity contribution in [3.63, 3.8) is 0 Å². The van der Waals surface area contributed by atoms with Crippen LogP contribution in [0.4, 0.5) is 0 Å². The number of carbonyl (C=O) groups excluding carboxylic acids is 1. The number of carboxylic acids is 1. The molecular weight excluding hydrogens is 482 g/mol. The molecule has 1 saturated carbocycles. The Morgan fingerprint density at radius 3 is 2.47 bits per heavy atom. The monoisotopic (exact) mass is 513 g/mol. The highest BCUT2D eigenvalue weighted by molar-refractivity contribution is 6.18. The zero-order chi connectivity index (χ0) is 26.8. The van der Waals surface area contributed by atoms with E-state index in [1.165, 1.54) is 24.8 Å². The van der Waals surface area contributed by atoms with Crippen molar-refractivity contribution < 1.29 is 29.3 Å². The Labute approximate surface area is 220 Å². The molecular formula is C31H31NO6. The van der Waals surface area contributed by atoms with Crippen LogP contribution in [0, 0.1) is 0 Å². The molecule has 0 unspecified atom stereocenters. The lowest BCUT2D eigenvalue weighted by Crippen LogP contribution is -2.04. The summed E-state index contributed by atoms with van der Waals surface area (Å²) in [6, 6.07) is 13.1. The van der Waals surface area contributed by atoms with Gasteiger partial charge >= 0.3 is 5.97 Å². The lowest BCUT2D eigenvalue weighted by atomic mass is 9.83. The molecule has 2 aromatic heterocycles. The first-order valence-corrected chi connectivity index (χ1v) is 13.0. The molecule has 1 aliphatic rings. The van der Waals surface area contributed by atoms with E-state index in [2.05, 4.69) is 4.98 Å². The highest BCUT2D eigenvalue weighted by atomic mass is 16.4. The number of H-pyrrole nitrogens is 1. The lowest BCUT2D eigenvalue weighted by Gasteiger charge is -2.22. The van der Waals surface area contributed by atoms with Crippen LogP contribution in [0.2, 0.25) is 0 Å². The summed E-state index contributed by atoms with van der Waals surface area (Å²) in [5.41, 5.74) is 4.47. The average Bonchev–Trinajstić information content (AvgIpc) is 3.54. The Balaban J connectivity index is 1.51. The molecule has 38 heavy (non-hydrogen) atoms. The summed E-state index contributed by atoms with van der Waals surface area (Å²) < 4.78 is 5.52. The maximum Gasteiger partial charge on any atom is 0.372 e. The predicted molar refractivity (Wildman–Crippen MR) is 145 cm³/mol. The Kier molecular flexibility index (Phi) is 7.20. The van der Waals surface area contributed by atoms with Crippen LogP contribution in [-0.2, 0) is 6.42 Å². The number of nitrogens with one attached hydrogen (secondary N) is 1. The zero-order valence-corrected chi connectivity index (χ0v) is 21.3.